The number of nitrogens with one attached hydrogen (secondary N) is 1. The van der Waals surface area contributed by atoms with E-state index in [-0.39, 0.29) is 11.6 Å². The maximum atomic E-state index is 11.9. The number of hydrogen-bond donors (Lipinski definition) is 1. The quantitative estimate of drug-likeness (QED) is 0.744. The zero-order valence-electron chi connectivity index (χ0n) is 12.7. The average molecular weight is 299 g/mol. The molecule has 2 aliphatic rings. The number of terminal acetylenes is 1. The summed E-state index contributed by atoms with van der Waals surface area (Å²) in [6, 6.07) is 0. The van der Waals surface area contributed by atoms with Crippen LogP contribution in [0, 0.1) is 12.3 Å². The van der Waals surface area contributed by atoms with Gasteiger partial charge in [0.2, 0.25) is 5.91 Å². The molecule has 0 unspecified atom stereocenters. The molecule has 0 atom stereocenters. The molecule has 116 valence electrons. The minimum atomic E-state index is -0.367. The van der Waals surface area contributed by atoms with E-state index < -0.39 is 0 Å². The Balaban J connectivity index is 1.33. The van der Waals surface area contributed by atoms with Gasteiger partial charge in [-0.2, -0.15) is 10.2 Å². The van der Waals surface area contributed by atoms with Crippen molar-refractivity contribution in [2.24, 2.45) is 10.2 Å². The first-order chi connectivity index (χ1) is 10.7. The van der Waals surface area contributed by atoms with E-state index in [4.69, 9.17) is 6.42 Å². The number of imidazole rings is 1. The Morgan fingerprint density at radius 3 is 3.05 bits per heavy atom. The van der Waals surface area contributed by atoms with Crippen molar-refractivity contribution in [2.75, 3.05) is 6.54 Å². The third-order valence-electron chi connectivity index (χ3n) is 4.22. The Labute approximate surface area is 130 Å². The SMILES string of the molecule is C#CCCC1(CCC(=O)NCCc2cn3c(n2)CCC3)N=N1. The predicted molar refractivity (Wildman–Crippen MR) is 82.1 cm³/mol. The number of aryl methyl sites for hydroxylation is 2. The normalized spacial score (nSPS) is 17.0. The summed E-state index contributed by atoms with van der Waals surface area (Å²) in [7, 11) is 0. The molecule has 0 fully saturated rings. The molecule has 3 heterocycles. The molecule has 1 aromatic rings. The summed E-state index contributed by atoms with van der Waals surface area (Å²) < 4.78 is 2.21. The fraction of sp³-hybridized carbons (Fsp3) is 0.625. The van der Waals surface area contributed by atoms with Gasteiger partial charge in [-0.25, -0.2) is 4.98 Å². The van der Waals surface area contributed by atoms with Crippen molar-refractivity contribution in [3.63, 3.8) is 0 Å². The van der Waals surface area contributed by atoms with Crippen molar-refractivity contribution in [2.45, 2.75) is 57.2 Å². The second-order valence-electron chi connectivity index (χ2n) is 5.93. The van der Waals surface area contributed by atoms with E-state index in [9.17, 15) is 4.79 Å². The molecular formula is C16H21N5O. The second kappa shape index (κ2) is 6.30. The van der Waals surface area contributed by atoms with Crippen LogP contribution in [-0.2, 0) is 24.2 Å². The third kappa shape index (κ3) is 3.53. The van der Waals surface area contributed by atoms with E-state index in [0.29, 0.717) is 25.8 Å². The molecular weight excluding hydrogens is 278 g/mol. The van der Waals surface area contributed by atoms with Crippen molar-refractivity contribution in [1.82, 2.24) is 14.9 Å². The van der Waals surface area contributed by atoms with Gasteiger partial charge >= 0.3 is 0 Å². The highest BCUT2D eigenvalue weighted by Gasteiger charge is 2.39. The Morgan fingerprint density at radius 1 is 1.45 bits per heavy atom. The van der Waals surface area contributed by atoms with Crippen molar-refractivity contribution < 1.29 is 4.79 Å². The number of fused-ring (bicyclic) bond motifs is 1. The molecule has 0 spiro atoms. The zero-order valence-corrected chi connectivity index (χ0v) is 12.7. The summed E-state index contributed by atoms with van der Waals surface area (Å²) in [5, 5.41) is 11.0. The van der Waals surface area contributed by atoms with Crippen LogP contribution in [-0.4, -0.2) is 27.7 Å². The van der Waals surface area contributed by atoms with E-state index in [0.717, 1.165) is 31.5 Å². The molecule has 2 aliphatic heterocycles. The summed E-state index contributed by atoms with van der Waals surface area (Å²) in [6.45, 7) is 1.70. The largest absolute Gasteiger partial charge is 0.356 e. The molecule has 22 heavy (non-hydrogen) atoms. The molecule has 0 aromatic carbocycles. The minimum absolute atomic E-state index is 0.0455. The van der Waals surface area contributed by atoms with Crippen molar-refractivity contribution in [1.29, 1.82) is 0 Å². The Kier molecular flexibility index (Phi) is 4.23. The molecule has 6 heteroatoms. The number of carbonyl (C=O) groups is 1. The van der Waals surface area contributed by atoms with Gasteiger partial charge in [-0.05, 0) is 6.42 Å². The molecule has 1 N–H and O–H groups in total. The lowest BCUT2D eigenvalue weighted by Crippen LogP contribution is -2.27. The van der Waals surface area contributed by atoms with Crippen LogP contribution in [0.25, 0.3) is 0 Å². The standard InChI is InChI=1S/C16H21N5O/c1-2-3-8-16(19-20-16)9-6-15(22)17-10-7-13-12-21-11-4-5-14(21)18-13/h1,12H,3-11H2,(H,17,22). The van der Waals surface area contributed by atoms with E-state index in [1.54, 1.807) is 0 Å². The zero-order chi connectivity index (χ0) is 15.4. The van der Waals surface area contributed by atoms with Gasteiger partial charge in [0.1, 0.15) is 5.82 Å². The summed E-state index contributed by atoms with van der Waals surface area (Å²) in [5.41, 5.74) is 0.696. The Morgan fingerprint density at radius 2 is 2.32 bits per heavy atom. The molecule has 6 nitrogen and oxygen atoms in total. The van der Waals surface area contributed by atoms with Gasteiger partial charge in [-0.3, -0.25) is 4.79 Å². The second-order valence-corrected chi connectivity index (χ2v) is 5.93. The van der Waals surface area contributed by atoms with Gasteiger partial charge < -0.3 is 9.88 Å². The maximum absolute atomic E-state index is 11.9. The van der Waals surface area contributed by atoms with Crippen LogP contribution >= 0.6 is 0 Å². The molecule has 0 aliphatic carbocycles. The number of carbonyl (C=O) groups excluding carboxylic acids is 1. The third-order valence-corrected chi connectivity index (χ3v) is 4.22. The first kappa shape index (κ1) is 14.8. The number of rotatable bonds is 8. The topological polar surface area (TPSA) is 71.6 Å². The van der Waals surface area contributed by atoms with Crippen LogP contribution in [0.5, 0.6) is 0 Å². The molecule has 1 aromatic heterocycles. The summed E-state index contributed by atoms with van der Waals surface area (Å²) in [6.07, 6.45) is 12.9. The molecule has 1 amide bonds. The number of hydrogen-bond acceptors (Lipinski definition) is 4. The van der Waals surface area contributed by atoms with Crippen LogP contribution < -0.4 is 5.32 Å². The Hall–Kier alpha value is -2.16. The first-order valence-electron chi connectivity index (χ1n) is 7.90. The maximum Gasteiger partial charge on any atom is 0.220 e. The van der Waals surface area contributed by atoms with Gasteiger partial charge in [-0.15, -0.1) is 12.3 Å². The lowest BCUT2D eigenvalue weighted by Gasteiger charge is -2.08. The smallest absolute Gasteiger partial charge is 0.220 e. The van der Waals surface area contributed by atoms with Crippen molar-refractivity contribution >= 4 is 5.91 Å². The highest BCUT2D eigenvalue weighted by Crippen LogP contribution is 2.37. The predicted octanol–water partition coefficient (Wildman–Crippen LogP) is 1.84. The van der Waals surface area contributed by atoms with Crippen LogP contribution in [0.1, 0.15) is 43.6 Å². The van der Waals surface area contributed by atoms with E-state index in [1.807, 2.05) is 0 Å². The monoisotopic (exact) mass is 299 g/mol. The van der Waals surface area contributed by atoms with E-state index >= 15 is 0 Å². The van der Waals surface area contributed by atoms with Crippen LogP contribution in [0.15, 0.2) is 16.4 Å². The molecule has 3 rings (SSSR count). The van der Waals surface area contributed by atoms with E-state index in [2.05, 4.69) is 37.2 Å². The summed E-state index contributed by atoms with van der Waals surface area (Å²) in [4.78, 5) is 16.4. The lowest BCUT2D eigenvalue weighted by atomic mass is 10.0. The van der Waals surface area contributed by atoms with Crippen molar-refractivity contribution in [3.8, 4) is 12.3 Å². The van der Waals surface area contributed by atoms with Gasteiger partial charge in [0, 0.05) is 57.8 Å². The number of nitrogens with zero attached hydrogens (tertiary/aromatic N) is 4. The highest BCUT2D eigenvalue weighted by atomic mass is 16.1. The van der Waals surface area contributed by atoms with Crippen LogP contribution in [0.2, 0.25) is 0 Å². The molecule has 0 radical (unpaired) electrons. The van der Waals surface area contributed by atoms with Gasteiger partial charge in [0.25, 0.3) is 0 Å². The fourth-order valence-electron chi connectivity index (χ4n) is 2.83. The van der Waals surface area contributed by atoms with Crippen molar-refractivity contribution in [3.05, 3.63) is 17.7 Å². The number of aromatic nitrogens is 2. The Bertz CT molecular complexity index is 597. The van der Waals surface area contributed by atoms with E-state index in [1.165, 1.54) is 12.2 Å². The minimum Gasteiger partial charge on any atom is -0.356 e. The lowest BCUT2D eigenvalue weighted by molar-refractivity contribution is -0.121. The fourth-order valence-corrected chi connectivity index (χ4v) is 2.83. The summed E-state index contributed by atoms with van der Waals surface area (Å²) >= 11 is 0. The van der Waals surface area contributed by atoms with Gasteiger partial charge in [-0.1, -0.05) is 0 Å². The molecule has 0 bridgehead atoms. The first-order valence-corrected chi connectivity index (χ1v) is 7.90. The van der Waals surface area contributed by atoms with Crippen LogP contribution in [0.4, 0.5) is 0 Å². The van der Waals surface area contributed by atoms with Gasteiger partial charge in [0.05, 0.1) is 5.69 Å². The molecule has 0 saturated carbocycles. The van der Waals surface area contributed by atoms with Gasteiger partial charge in [0.15, 0.2) is 5.66 Å². The molecule has 0 saturated heterocycles. The highest BCUT2D eigenvalue weighted by molar-refractivity contribution is 5.76. The number of amides is 1. The average Bonchev–Trinajstić information content (AvgIpc) is 2.97. The van der Waals surface area contributed by atoms with Crippen LogP contribution in [0.3, 0.4) is 0 Å². The summed E-state index contributed by atoms with van der Waals surface area (Å²) in [5.74, 6) is 3.81.